The molecule has 0 heterocycles. The van der Waals surface area contributed by atoms with Crippen LogP contribution in [-0.4, -0.2) is 36.9 Å². The van der Waals surface area contributed by atoms with E-state index in [0.29, 0.717) is 19.4 Å². The highest BCUT2D eigenvalue weighted by Crippen LogP contribution is 2.24. The van der Waals surface area contributed by atoms with Gasteiger partial charge >= 0.3 is 0 Å². The zero-order chi connectivity index (χ0) is 13.5. The van der Waals surface area contributed by atoms with E-state index in [1.165, 1.54) is 0 Å². The number of ketones is 1. The van der Waals surface area contributed by atoms with Gasteiger partial charge in [-0.1, -0.05) is 0 Å². The third-order valence-electron chi connectivity index (χ3n) is 3.05. The quantitative estimate of drug-likeness (QED) is 0.684. The fourth-order valence-corrected chi connectivity index (χ4v) is 2.17. The van der Waals surface area contributed by atoms with Gasteiger partial charge in [0, 0.05) is 19.4 Å². The lowest BCUT2D eigenvalue weighted by atomic mass is 9.83. The Kier molecular flexibility index (Phi) is 5.77. The molecular formula is C12H20N2O4. The first-order chi connectivity index (χ1) is 8.54. The molecular weight excluding hydrogens is 236 g/mol. The van der Waals surface area contributed by atoms with Crippen molar-refractivity contribution in [2.75, 3.05) is 13.2 Å². The van der Waals surface area contributed by atoms with E-state index in [1.54, 1.807) is 6.92 Å². The summed E-state index contributed by atoms with van der Waals surface area (Å²) in [6.45, 7) is 2.11. The fourth-order valence-electron chi connectivity index (χ4n) is 2.17. The first-order valence-electron chi connectivity index (χ1n) is 6.22. The summed E-state index contributed by atoms with van der Waals surface area (Å²) in [6, 6.07) is -0.776. The minimum absolute atomic E-state index is 0.0963. The highest BCUT2D eigenvalue weighted by Gasteiger charge is 2.31. The minimum atomic E-state index is -0.776. The van der Waals surface area contributed by atoms with Gasteiger partial charge in [0.15, 0.2) is 0 Å². The van der Waals surface area contributed by atoms with Crippen molar-refractivity contribution in [1.29, 1.82) is 0 Å². The van der Waals surface area contributed by atoms with Crippen LogP contribution in [-0.2, 0) is 19.1 Å². The van der Waals surface area contributed by atoms with Crippen molar-refractivity contribution in [2.45, 2.75) is 38.6 Å². The predicted octanol–water partition coefficient (Wildman–Crippen LogP) is -0.248. The summed E-state index contributed by atoms with van der Waals surface area (Å²) in [5.74, 6) is -1.04. The van der Waals surface area contributed by atoms with Gasteiger partial charge in [-0.25, -0.2) is 0 Å². The molecule has 102 valence electrons. The van der Waals surface area contributed by atoms with Gasteiger partial charge in [0.05, 0.1) is 0 Å². The maximum absolute atomic E-state index is 11.5. The predicted molar refractivity (Wildman–Crippen MR) is 64.6 cm³/mol. The molecule has 2 atom stereocenters. The Bertz CT molecular complexity index is 330. The van der Waals surface area contributed by atoms with Gasteiger partial charge in [0.1, 0.15) is 18.4 Å². The molecule has 0 radical (unpaired) electrons. The van der Waals surface area contributed by atoms with E-state index in [4.69, 9.17) is 10.5 Å². The van der Waals surface area contributed by atoms with E-state index in [-0.39, 0.29) is 24.2 Å². The summed E-state index contributed by atoms with van der Waals surface area (Å²) < 4.78 is 4.95. The molecule has 0 bridgehead atoms. The number of rotatable bonds is 6. The molecule has 0 aromatic heterocycles. The Labute approximate surface area is 106 Å². The van der Waals surface area contributed by atoms with E-state index in [2.05, 4.69) is 5.32 Å². The molecule has 1 saturated carbocycles. The Hall–Kier alpha value is -1.43. The number of hydrogen-bond acceptors (Lipinski definition) is 4. The Balaban J connectivity index is 2.56. The van der Waals surface area contributed by atoms with E-state index >= 15 is 0 Å². The lowest BCUT2D eigenvalue weighted by Crippen LogP contribution is -2.51. The van der Waals surface area contributed by atoms with Crippen LogP contribution in [0.3, 0.4) is 0 Å². The molecule has 0 aromatic carbocycles. The van der Waals surface area contributed by atoms with E-state index in [9.17, 15) is 14.4 Å². The van der Waals surface area contributed by atoms with Gasteiger partial charge in [-0.3, -0.25) is 14.4 Å². The fraction of sp³-hybridized carbons (Fsp3) is 0.750. The van der Waals surface area contributed by atoms with Gasteiger partial charge in [-0.2, -0.15) is 0 Å². The number of primary amides is 1. The topological polar surface area (TPSA) is 98.5 Å². The number of hydrogen-bond donors (Lipinski definition) is 2. The third-order valence-corrected chi connectivity index (χ3v) is 3.05. The molecule has 0 unspecified atom stereocenters. The summed E-state index contributed by atoms with van der Waals surface area (Å²) in [4.78, 5) is 34.3. The lowest BCUT2D eigenvalue weighted by Gasteiger charge is -2.28. The number of carbonyl (C=O) groups is 3. The van der Waals surface area contributed by atoms with E-state index in [1.807, 2.05) is 0 Å². The number of nitrogens with one attached hydrogen (secondary N) is 1. The molecule has 0 aliphatic heterocycles. The van der Waals surface area contributed by atoms with Gasteiger partial charge in [-0.15, -0.1) is 0 Å². The highest BCUT2D eigenvalue weighted by molar-refractivity contribution is 5.88. The summed E-state index contributed by atoms with van der Waals surface area (Å²) >= 11 is 0. The van der Waals surface area contributed by atoms with Crippen molar-refractivity contribution in [3.63, 3.8) is 0 Å². The molecule has 2 amide bonds. The zero-order valence-corrected chi connectivity index (χ0v) is 10.6. The SMILES string of the molecule is CCOCC(=O)N[C@H](C(N)=O)[C@@H]1CCCC(=O)C1. The first-order valence-corrected chi connectivity index (χ1v) is 6.22. The maximum Gasteiger partial charge on any atom is 0.246 e. The van der Waals surface area contributed by atoms with Crippen molar-refractivity contribution >= 4 is 17.6 Å². The molecule has 0 saturated heterocycles. The molecule has 0 spiro atoms. The molecule has 6 heteroatoms. The Morgan fingerprint density at radius 3 is 2.83 bits per heavy atom. The van der Waals surface area contributed by atoms with Gasteiger partial charge < -0.3 is 15.8 Å². The van der Waals surface area contributed by atoms with Crippen LogP contribution in [0.2, 0.25) is 0 Å². The largest absolute Gasteiger partial charge is 0.372 e. The zero-order valence-electron chi connectivity index (χ0n) is 10.6. The Morgan fingerprint density at radius 2 is 2.28 bits per heavy atom. The van der Waals surface area contributed by atoms with Crippen molar-refractivity contribution < 1.29 is 19.1 Å². The standard InChI is InChI=1S/C12H20N2O4/c1-2-18-7-10(16)14-11(12(13)17)8-4-3-5-9(15)6-8/h8,11H,2-7H2,1H3,(H2,13,17)(H,14,16)/t8-,11+/m1/s1. The second kappa shape index (κ2) is 7.10. The van der Waals surface area contributed by atoms with Gasteiger partial charge in [0.25, 0.3) is 0 Å². The van der Waals surface area contributed by atoms with Crippen LogP contribution in [0.4, 0.5) is 0 Å². The van der Waals surface area contributed by atoms with Crippen LogP contribution in [0.15, 0.2) is 0 Å². The summed E-state index contributed by atoms with van der Waals surface area (Å²) in [5.41, 5.74) is 5.28. The van der Waals surface area contributed by atoms with E-state index < -0.39 is 11.9 Å². The van der Waals surface area contributed by atoms with Crippen molar-refractivity contribution in [1.82, 2.24) is 5.32 Å². The number of carbonyl (C=O) groups excluding carboxylic acids is 3. The van der Waals surface area contributed by atoms with Crippen molar-refractivity contribution in [2.24, 2.45) is 11.7 Å². The van der Waals surface area contributed by atoms with Crippen LogP contribution in [0.5, 0.6) is 0 Å². The number of ether oxygens (including phenoxy) is 1. The molecule has 1 aliphatic rings. The molecule has 0 aromatic rings. The monoisotopic (exact) mass is 256 g/mol. The lowest BCUT2D eigenvalue weighted by molar-refractivity contribution is -0.132. The molecule has 1 fully saturated rings. The number of amides is 2. The summed E-state index contributed by atoms with van der Waals surface area (Å²) in [6.07, 6.45) is 2.33. The van der Waals surface area contributed by atoms with Crippen molar-refractivity contribution in [3.05, 3.63) is 0 Å². The first kappa shape index (κ1) is 14.6. The van der Waals surface area contributed by atoms with Crippen LogP contribution >= 0.6 is 0 Å². The molecule has 3 N–H and O–H groups in total. The van der Waals surface area contributed by atoms with E-state index in [0.717, 1.165) is 12.8 Å². The Morgan fingerprint density at radius 1 is 1.56 bits per heavy atom. The average molecular weight is 256 g/mol. The molecule has 18 heavy (non-hydrogen) atoms. The van der Waals surface area contributed by atoms with Gasteiger partial charge in [-0.05, 0) is 25.7 Å². The second-order valence-electron chi connectivity index (χ2n) is 4.48. The summed E-state index contributed by atoms with van der Waals surface area (Å²) in [7, 11) is 0. The third kappa shape index (κ3) is 4.44. The van der Waals surface area contributed by atoms with Crippen molar-refractivity contribution in [3.8, 4) is 0 Å². The summed E-state index contributed by atoms with van der Waals surface area (Å²) in [5, 5.41) is 2.55. The number of Topliss-reactive ketones (excluding diaryl/α,β-unsaturated/α-hetero) is 1. The van der Waals surface area contributed by atoms with Gasteiger partial charge in [0.2, 0.25) is 11.8 Å². The number of nitrogens with two attached hydrogens (primary N) is 1. The normalized spacial score (nSPS) is 21.4. The maximum atomic E-state index is 11.5. The van der Waals surface area contributed by atoms with Crippen LogP contribution < -0.4 is 11.1 Å². The van der Waals surface area contributed by atoms with Crippen LogP contribution in [0, 0.1) is 5.92 Å². The van der Waals surface area contributed by atoms with Crippen LogP contribution in [0.1, 0.15) is 32.6 Å². The smallest absolute Gasteiger partial charge is 0.246 e. The molecule has 1 aliphatic carbocycles. The highest BCUT2D eigenvalue weighted by atomic mass is 16.5. The average Bonchev–Trinajstić information content (AvgIpc) is 2.33. The second-order valence-corrected chi connectivity index (χ2v) is 4.48. The minimum Gasteiger partial charge on any atom is -0.372 e. The van der Waals surface area contributed by atoms with Crippen LogP contribution in [0.25, 0.3) is 0 Å². The molecule has 6 nitrogen and oxygen atoms in total. The molecule has 1 rings (SSSR count).